The maximum Gasteiger partial charge on any atom is 0.335 e. The number of carbonyl (C=O) groups is 1. The first-order chi connectivity index (χ1) is 13.2. The van der Waals surface area contributed by atoms with E-state index in [2.05, 4.69) is 59.2 Å². The van der Waals surface area contributed by atoms with Crippen molar-refractivity contribution in [3.63, 3.8) is 0 Å². The number of fused-ring (bicyclic) bond motifs is 1. The molecule has 1 aliphatic rings. The highest BCUT2D eigenvalue weighted by Crippen LogP contribution is 2.31. The lowest BCUT2D eigenvalue weighted by Crippen LogP contribution is -2.37. The van der Waals surface area contributed by atoms with Crippen LogP contribution >= 0.6 is 12.4 Å². The van der Waals surface area contributed by atoms with Crippen molar-refractivity contribution in [2.45, 2.75) is 19.4 Å². The first kappa shape index (κ1) is 20.0. The molecule has 0 aliphatic carbocycles. The average molecular weight is 397 g/mol. The van der Waals surface area contributed by atoms with E-state index in [0.717, 1.165) is 31.7 Å². The van der Waals surface area contributed by atoms with Crippen LogP contribution in [0.15, 0.2) is 66.7 Å². The Balaban J connectivity index is 0.00000225. The molecule has 0 saturated carbocycles. The summed E-state index contributed by atoms with van der Waals surface area (Å²) in [7, 11) is 0. The van der Waals surface area contributed by atoms with Gasteiger partial charge in [-0.1, -0.05) is 36.4 Å². The molecule has 28 heavy (non-hydrogen) atoms. The molecule has 146 valence electrons. The minimum Gasteiger partial charge on any atom is -0.478 e. The molecule has 5 heteroatoms. The van der Waals surface area contributed by atoms with Crippen molar-refractivity contribution < 1.29 is 9.90 Å². The third-order valence-corrected chi connectivity index (χ3v) is 5.50. The maximum absolute atomic E-state index is 11.1. The molecule has 0 unspecified atom stereocenters. The van der Waals surface area contributed by atoms with E-state index < -0.39 is 5.97 Å². The molecule has 1 fully saturated rings. The SMILES string of the molecule is CCN(c1cccc2ccccc12)[C@H]1CCN(c2ccc(C(=O)O)cc2)C1.Cl. The molecule has 0 radical (unpaired) electrons. The second kappa shape index (κ2) is 8.53. The van der Waals surface area contributed by atoms with E-state index >= 15 is 0 Å². The van der Waals surface area contributed by atoms with Crippen LogP contribution in [0.2, 0.25) is 0 Å². The summed E-state index contributed by atoms with van der Waals surface area (Å²) in [5, 5.41) is 11.6. The number of nitrogens with zero attached hydrogens (tertiary/aromatic N) is 2. The van der Waals surface area contributed by atoms with Crippen molar-refractivity contribution in [1.82, 2.24) is 0 Å². The van der Waals surface area contributed by atoms with E-state index in [-0.39, 0.29) is 12.4 Å². The van der Waals surface area contributed by atoms with Gasteiger partial charge in [0.1, 0.15) is 0 Å². The average Bonchev–Trinajstić information content (AvgIpc) is 3.19. The summed E-state index contributed by atoms with van der Waals surface area (Å²) in [4.78, 5) is 15.9. The molecule has 0 amide bonds. The summed E-state index contributed by atoms with van der Waals surface area (Å²) in [5.74, 6) is -0.881. The first-order valence-corrected chi connectivity index (χ1v) is 9.50. The van der Waals surface area contributed by atoms with Gasteiger partial charge in [-0.2, -0.15) is 0 Å². The van der Waals surface area contributed by atoms with Crippen molar-refractivity contribution in [2.75, 3.05) is 29.4 Å². The van der Waals surface area contributed by atoms with Gasteiger partial charge in [-0.25, -0.2) is 4.79 Å². The van der Waals surface area contributed by atoms with Crippen molar-refractivity contribution in [2.24, 2.45) is 0 Å². The van der Waals surface area contributed by atoms with Crippen LogP contribution in [0.1, 0.15) is 23.7 Å². The number of carboxylic acid groups (broad SMARTS) is 1. The van der Waals surface area contributed by atoms with Crippen molar-refractivity contribution in [3.05, 3.63) is 72.3 Å². The maximum atomic E-state index is 11.1. The lowest BCUT2D eigenvalue weighted by atomic mass is 10.1. The third kappa shape index (κ3) is 3.78. The fourth-order valence-corrected chi connectivity index (χ4v) is 4.13. The van der Waals surface area contributed by atoms with Gasteiger partial charge >= 0.3 is 5.97 Å². The summed E-state index contributed by atoms with van der Waals surface area (Å²) in [6.07, 6.45) is 1.09. The molecule has 1 N–H and O–H groups in total. The van der Waals surface area contributed by atoms with E-state index in [1.807, 2.05) is 12.1 Å². The highest BCUT2D eigenvalue weighted by Gasteiger charge is 2.28. The number of benzene rings is 3. The zero-order chi connectivity index (χ0) is 18.8. The summed E-state index contributed by atoms with van der Waals surface area (Å²) in [6, 6.07) is 22.7. The third-order valence-electron chi connectivity index (χ3n) is 5.50. The predicted octanol–water partition coefficient (Wildman–Crippen LogP) is 5.07. The van der Waals surface area contributed by atoms with Gasteiger partial charge in [0.25, 0.3) is 0 Å². The van der Waals surface area contributed by atoms with Crippen molar-refractivity contribution >= 4 is 40.5 Å². The Morgan fingerprint density at radius 3 is 2.50 bits per heavy atom. The summed E-state index contributed by atoms with van der Waals surface area (Å²) >= 11 is 0. The molecule has 0 aromatic heterocycles. The van der Waals surface area contributed by atoms with E-state index in [4.69, 9.17) is 5.11 Å². The van der Waals surface area contributed by atoms with Crippen LogP contribution < -0.4 is 9.80 Å². The Kier molecular flexibility index (Phi) is 6.10. The molecule has 1 aliphatic heterocycles. The predicted molar refractivity (Wildman–Crippen MR) is 118 cm³/mol. The largest absolute Gasteiger partial charge is 0.478 e. The Hall–Kier alpha value is -2.72. The highest BCUT2D eigenvalue weighted by molar-refractivity contribution is 5.94. The van der Waals surface area contributed by atoms with Crippen LogP contribution in [0.4, 0.5) is 11.4 Å². The van der Waals surface area contributed by atoms with E-state index in [9.17, 15) is 4.79 Å². The Morgan fingerprint density at radius 2 is 1.79 bits per heavy atom. The summed E-state index contributed by atoms with van der Waals surface area (Å²) in [5.41, 5.74) is 2.72. The second-order valence-electron chi connectivity index (χ2n) is 7.02. The highest BCUT2D eigenvalue weighted by atomic mass is 35.5. The van der Waals surface area contributed by atoms with Crippen LogP contribution in [0.3, 0.4) is 0 Å². The molecule has 1 atom stereocenters. The normalized spacial score (nSPS) is 16.0. The zero-order valence-corrected chi connectivity index (χ0v) is 16.7. The minimum atomic E-state index is -0.881. The minimum absolute atomic E-state index is 0. The monoisotopic (exact) mass is 396 g/mol. The molecular weight excluding hydrogens is 372 g/mol. The van der Waals surface area contributed by atoms with Gasteiger partial charge in [-0.05, 0) is 49.1 Å². The summed E-state index contributed by atoms with van der Waals surface area (Å²) in [6.45, 7) is 5.11. The molecule has 3 aromatic rings. The van der Waals surface area contributed by atoms with Crippen LogP contribution in [-0.4, -0.2) is 36.8 Å². The number of halogens is 1. The number of anilines is 2. The van der Waals surface area contributed by atoms with Gasteiger partial charge in [0.15, 0.2) is 0 Å². The van der Waals surface area contributed by atoms with Crippen molar-refractivity contribution in [3.8, 4) is 0 Å². The molecule has 3 aromatic carbocycles. The number of hydrogen-bond donors (Lipinski definition) is 1. The number of hydrogen-bond acceptors (Lipinski definition) is 3. The molecule has 0 spiro atoms. The Bertz CT molecular complexity index is 953. The van der Waals surface area contributed by atoms with Crippen LogP contribution in [0, 0.1) is 0 Å². The van der Waals surface area contributed by atoms with Crippen LogP contribution in [0.25, 0.3) is 10.8 Å². The van der Waals surface area contributed by atoms with E-state index in [1.54, 1.807) is 12.1 Å². The molecule has 1 heterocycles. The quantitative estimate of drug-likeness (QED) is 0.654. The standard InChI is InChI=1S/C23H24N2O2.ClH/c1-2-25(22-9-5-7-17-6-3-4-8-21(17)22)20-14-15-24(16-20)19-12-10-18(11-13-19)23(26)27;/h3-13,20H,2,14-16H2,1H3,(H,26,27);1H/t20-;/m0./s1. The Labute approximate surface area is 171 Å². The molecule has 0 bridgehead atoms. The summed E-state index contributed by atoms with van der Waals surface area (Å²) < 4.78 is 0. The molecular formula is C23H25ClN2O2. The second-order valence-corrected chi connectivity index (χ2v) is 7.02. The van der Waals surface area contributed by atoms with Gasteiger partial charge in [0.2, 0.25) is 0 Å². The zero-order valence-electron chi connectivity index (χ0n) is 15.9. The van der Waals surface area contributed by atoms with Gasteiger partial charge in [0, 0.05) is 42.4 Å². The molecule has 1 saturated heterocycles. The Morgan fingerprint density at radius 1 is 1.07 bits per heavy atom. The van der Waals surface area contributed by atoms with E-state index in [0.29, 0.717) is 11.6 Å². The van der Waals surface area contributed by atoms with Gasteiger partial charge in [-0.15, -0.1) is 12.4 Å². The van der Waals surface area contributed by atoms with Gasteiger partial charge in [-0.3, -0.25) is 0 Å². The van der Waals surface area contributed by atoms with Crippen LogP contribution in [0.5, 0.6) is 0 Å². The number of carboxylic acids is 1. The lowest BCUT2D eigenvalue weighted by Gasteiger charge is -2.31. The fourth-order valence-electron chi connectivity index (χ4n) is 4.13. The number of rotatable bonds is 5. The number of likely N-dealkylation sites (N-methyl/N-ethyl adjacent to an activating group) is 1. The number of aromatic carboxylic acids is 1. The molecule has 4 rings (SSSR count). The van der Waals surface area contributed by atoms with Crippen molar-refractivity contribution in [1.29, 1.82) is 0 Å². The van der Waals surface area contributed by atoms with Crippen LogP contribution in [-0.2, 0) is 0 Å². The lowest BCUT2D eigenvalue weighted by molar-refractivity contribution is 0.0697. The first-order valence-electron chi connectivity index (χ1n) is 9.50. The van der Waals surface area contributed by atoms with E-state index in [1.165, 1.54) is 16.5 Å². The van der Waals surface area contributed by atoms with Gasteiger partial charge in [0.05, 0.1) is 5.56 Å². The molecule has 4 nitrogen and oxygen atoms in total. The van der Waals surface area contributed by atoms with Gasteiger partial charge < -0.3 is 14.9 Å². The smallest absolute Gasteiger partial charge is 0.335 e. The fraction of sp³-hybridized carbons (Fsp3) is 0.261. The topological polar surface area (TPSA) is 43.8 Å².